The molecule has 1 aliphatic heterocycles. The smallest absolute Gasteiger partial charge is 0.136 e. The number of ether oxygens (including phenoxy) is 1. The first-order chi connectivity index (χ1) is 9.56. The van der Waals surface area contributed by atoms with Crippen LogP contribution in [0.3, 0.4) is 0 Å². The topological polar surface area (TPSA) is 62.3 Å². The molecular formula is C16H23N3O. The maximum atomic E-state index is 9.22. The van der Waals surface area contributed by atoms with Gasteiger partial charge in [0.05, 0.1) is 12.7 Å². The Bertz CT molecular complexity index is 507. The van der Waals surface area contributed by atoms with E-state index in [-0.39, 0.29) is 12.1 Å². The summed E-state index contributed by atoms with van der Waals surface area (Å²) in [6.07, 6.45) is 1.01. The highest BCUT2D eigenvalue weighted by molar-refractivity contribution is 5.46. The Morgan fingerprint density at radius 3 is 2.85 bits per heavy atom. The fourth-order valence-corrected chi connectivity index (χ4v) is 3.01. The van der Waals surface area contributed by atoms with E-state index in [4.69, 9.17) is 10.5 Å². The van der Waals surface area contributed by atoms with Gasteiger partial charge in [0, 0.05) is 25.2 Å². The summed E-state index contributed by atoms with van der Waals surface area (Å²) in [5.41, 5.74) is 7.98. The number of hydrogen-bond acceptors (Lipinski definition) is 4. The molecule has 20 heavy (non-hydrogen) atoms. The van der Waals surface area contributed by atoms with Gasteiger partial charge in [0.1, 0.15) is 11.8 Å². The zero-order valence-electron chi connectivity index (χ0n) is 12.5. The van der Waals surface area contributed by atoms with E-state index < -0.39 is 0 Å². The summed E-state index contributed by atoms with van der Waals surface area (Å²) in [5.74, 6) is 1.23. The summed E-state index contributed by atoms with van der Waals surface area (Å²) in [6, 6.07) is 8.35. The van der Waals surface area contributed by atoms with Crippen LogP contribution in [-0.2, 0) is 0 Å². The van der Waals surface area contributed by atoms with Crippen LogP contribution in [0.1, 0.15) is 37.4 Å². The van der Waals surface area contributed by atoms with Crippen LogP contribution in [0, 0.1) is 17.2 Å². The molecule has 1 fully saturated rings. The lowest BCUT2D eigenvalue weighted by Gasteiger charge is -2.28. The van der Waals surface area contributed by atoms with Gasteiger partial charge in [0.2, 0.25) is 0 Å². The molecule has 2 rings (SSSR count). The lowest BCUT2D eigenvalue weighted by molar-refractivity contribution is 0.221. The van der Waals surface area contributed by atoms with Gasteiger partial charge < -0.3 is 10.5 Å². The first-order valence-electron chi connectivity index (χ1n) is 7.14. The molecule has 1 aromatic rings. The van der Waals surface area contributed by atoms with Gasteiger partial charge in [0.15, 0.2) is 0 Å². The highest BCUT2D eigenvalue weighted by Gasteiger charge is 2.33. The SMILES string of the molecule is COc1ccc(C2C(N)CCN2CC(C)C)cc1C#N. The molecule has 0 aromatic heterocycles. The van der Waals surface area contributed by atoms with Gasteiger partial charge in [-0.15, -0.1) is 0 Å². The molecule has 0 bridgehead atoms. The van der Waals surface area contributed by atoms with E-state index in [9.17, 15) is 5.26 Å². The molecule has 2 N–H and O–H groups in total. The van der Waals surface area contributed by atoms with E-state index in [1.807, 2.05) is 18.2 Å². The predicted molar refractivity (Wildman–Crippen MR) is 79.5 cm³/mol. The van der Waals surface area contributed by atoms with Gasteiger partial charge in [-0.25, -0.2) is 0 Å². The Labute approximate surface area is 121 Å². The van der Waals surface area contributed by atoms with Crippen LogP contribution in [0.2, 0.25) is 0 Å². The summed E-state index contributed by atoms with van der Waals surface area (Å²) in [4.78, 5) is 2.43. The standard InChI is InChI=1S/C16H23N3O/c1-11(2)10-19-7-6-14(18)16(19)12-4-5-15(20-3)13(8-12)9-17/h4-5,8,11,14,16H,6-7,10,18H2,1-3H3. The first-order valence-corrected chi connectivity index (χ1v) is 7.14. The van der Waals surface area contributed by atoms with Crippen molar-refractivity contribution in [2.75, 3.05) is 20.2 Å². The third-order valence-corrected chi connectivity index (χ3v) is 3.83. The third kappa shape index (κ3) is 2.95. The quantitative estimate of drug-likeness (QED) is 0.914. The molecule has 4 heteroatoms. The first kappa shape index (κ1) is 14.8. The molecule has 1 heterocycles. The van der Waals surface area contributed by atoms with Crippen LogP contribution in [0.4, 0.5) is 0 Å². The molecule has 2 atom stereocenters. The van der Waals surface area contributed by atoms with Crippen molar-refractivity contribution in [1.82, 2.24) is 4.90 Å². The Hall–Kier alpha value is -1.57. The molecule has 0 aliphatic carbocycles. The second-order valence-corrected chi connectivity index (χ2v) is 5.86. The number of nitrogens with two attached hydrogens (primary N) is 1. The molecule has 0 radical (unpaired) electrons. The van der Waals surface area contributed by atoms with Crippen molar-refractivity contribution >= 4 is 0 Å². The van der Waals surface area contributed by atoms with Crippen LogP contribution in [0.25, 0.3) is 0 Å². The summed E-state index contributed by atoms with van der Waals surface area (Å²) in [6.45, 7) is 6.50. The Morgan fingerprint density at radius 2 is 2.25 bits per heavy atom. The van der Waals surface area contributed by atoms with Crippen molar-refractivity contribution in [3.05, 3.63) is 29.3 Å². The number of nitrogens with zero attached hydrogens (tertiary/aromatic N) is 2. The van der Waals surface area contributed by atoms with Crippen LogP contribution in [0.5, 0.6) is 5.75 Å². The third-order valence-electron chi connectivity index (χ3n) is 3.83. The largest absolute Gasteiger partial charge is 0.495 e. The lowest BCUT2D eigenvalue weighted by Crippen LogP contribution is -2.34. The maximum Gasteiger partial charge on any atom is 0.136 e. The average Bonchev–Trinajstić information content (AvgIpc) is 2.78. The van der Waals surface area contributed by atoms with Crippen molar-refractivity contribution in [2.24, 2.45) is 11.7 Å². The summed E-state index contributed by atoms with van der Waals surface area (Å²) < 4.78 is 5.20. The highest BCUT2D eigenvalue weighted by Crippen LogP contribution is 2.33. The van der Waals surface area contributed by atoms with E-state index in [0.717, 1.165) is 25.1 Å². The summed E-state index contributed by atoms with van der Waals surface area (Å²) in [5, 5.41) is 9.22. The normalized spacial score (nSPS) is 23.0. The minimum Gasteiger partial charge on any atom is -0.495 e. The minimum absolute atomic E-state index is 0.133. The van der Waals surface area contributed by atoms with Crippen molar-refractivity contribution < 1.29 is 4.74 Å². The van der Waals surface area contributed by atoms with E-state index in [0.29, 0.717) is 17.2 Å². The minimum atomic E-state index is 0.133. The van der Waals surface area contributed by atoms with E-state index in [1.165, 1.54) is 0 Å². The van der Waals surface area contributed by atoms with Crippen LogP contribution < -0.4 is 10.5 Å². The van der Waals surface area contributed by atoms with E-state index in [1.54, 1.807) is 7.11 Å². The van der Waals surface area contributed by atoms with Gasteiger partial charge in [-0.3, -0.25) is 4.90 Å². The zero-order chi connectivity index (χ0) is 14.7. The van der Waals surface area contributed by atoms with Crippen molar-refractivity contribution in [2.45, 2.75) is 32.4 Å². The van der Waals surface area contributed by atoms with Crippen LogP contribution >= 0.6 is 0 Å². The zero-order valence-corrected chi connectivity index (χ0v) is 12.5. The number of rotatable bonds is 4. The molecule has 1 aliphatic rings. The number of benzene rings is 1. The van der Waals surface area contributed by atoms with Gasteiger partial charge in [-0.1, -0.05) is 19.9 Å². The Morgan fingerprint density at radius 1 is 1.50 bits per heavy atom. The molecule has 0 saturated carbocycles. The number of likely N-dealkylation sites (tertiary alicyclic amines) is 1. The van der Waals surface area contributed by atoms with Gasteiger partial charge in [-0.05, 0) is 30.0 Å². The monoisotopic (exact) mass is 273 g/mol. The molecule has 1 saturated heterocycles. The second kappa shape index (κ2) is 6.25. The number of methoxy groups -OCH3 is 1. The van der Waals surface area contributed by atoms with E-state index >= 15 is 0 Å². The molecule has 0 amide bonds. The predicted octanol–water partition coefficient (Wildman–Crippen LogP) is 2.30. The Kier molecular flexibility index (Phi) is 4.64. The highest BCUT2D eigenvalue weighted by atomic mass is 16.5. The van der Waals surface area contributed by atoms with Crippen molar-refractivity contribution in [1.29, 1.82) is 5.26 Å². The fourth-order valence-electron chi connectivity index (χ4n) is 3.01. The van der Waals surface area contributed by atoms with Crippen LogP contribution in [-0.4, -0.2) is 31.1 Å². The molecule has 108 valence electrons. The second-order valence-electron chi connectivity index (χ2n) is 5.86. The molecule has 2 unspecified atom stereocenters. The van der Waals surface area contributed by atoms with Crippen LogP contribution in [0.15, 0.2) is 18.2 Å². The van der Waals surface area contributed by atoms with Crippen molar-refractivity contribution in [3.8, 4) is 11.8 Å². The fraction of sp³-hybridized carbons (Fsp3) is 0.562. The molecule has 4 nitrogen and oxygen atoms in total. The van der Waals surface area contributed by atoms with Crippen molar-refractivity contribution in [3.63, 3.8) is 0 Å². The van der Waals surface area contributed by atoms with Gasteiger partial charge in [0.25, 0.3) is 0 Å². The number of hydrogen-bond donors (Lipinski definition) is 1. The Balaban J connectivity index is 2.31. The maximum absolute atomic E-state index is 9.22. The van der Waals surface area contributed by atoms with E-state index in [2.05, 4.69) is 24.8 Å². The molecular weight excluding hydrogens is 250 g/mol. The summed E-state index contributed by atoms with van der Waals surface area (Å²) in [7, 11) is 1.59. The molecule has 0 spiro atoms. The average molecular weight is 273 g/mol. The molecule has 1 aromatic carbocycles. The lowest BCUT2D eigenvalue weighted by atomic mass is 9.98. The number of nitriles is 1. The van der Waals surface area contributed by atoms with Gasteiger partial charge in [-0.2, -0.15) is 5.26 Å². The van der Waals surface area contributed by atoms with Gasteiger partial charge >= 0.3 is 0 Å². The summed E-state index contributed by atoms with van der Waals surface area (Å²) >= 11 is 0.